The first-order valence-electron chi connectivity index (χ1n) is 21.6. The maximum Gasteiger partial charge on any atom is 0.821 e. The van der Waals surface area contributed by atoms with Crippen molar-refractivity contribution in [1.29, 1.82) is 0 Å². The zero-order valence-corrected chi connectivity index (χ0v) is 37.7. The summed E-state index contributed by atoms with van der Waals surface area (Å²) in [7, 11) is -3.93. The first-order chi connectivity index (χ1) is 26.1. The van der Waals surface area contributed by atoms with E-state index < -0.39 is 9.05 Å². The van der Waals surface area contributed by atoms with Crippen molar-refractivity contribution < 1.29 is 27.2 Å². The van der Waals surface area contributed by atoms with Crippen LogP contribution in [0.25, 0.3) is 0 Å². The van der Waals surface area contributed by atoms with E-state index in [0.717, 1.165) is 75.7 Å². The average Bonchev–Trinajstić information content (AvgIpc) is 3.56. The number of allylic oxidation sites excluding steroid dienone is 4. The first kappa shape index (κ1) is 45.0. The molecule has 0 radical (unpaired) electrons. The molecule has 0 saturated heterocycles. The predicted molar refractivity (Wildman–Crippen MR) is 230 cm³/mol. The van der Waals surface area contributed by atoms with E-state index in [1.807, 2.05) is 48.5 Å². The predicted octanol–water partition coefficient (Wildman–Crippen LogP) is 13.6. The zero-order chi connectivity index (χ0) is 40.2. The number of rotatable bonds is 24. The Balaban J connectivity index is 1.61. The van der Waals surface area contributed by atoms with Gasteiger partial charge in [-0.25, -0.2) is 0 Å². The van der Waals surface area contributed by atoms with Crippen LogP contribution >= 0.6 is 0 Å². The van der Waals surface area contributed by atoms with Gasteiger partial charge in [-0.15, -0.1) is 0 Å². The van der Waals surface area contributed by atoms with Crippen LogP contribution in [0.4, 0.5) is 0 Å². The summed E-state index contributed by atoms with van der Waals surface area (Å²) in [5.74, 6) is 4.69. The maximum atomic E-state index is 7.15. The molecular weight excluding hydrogens is 701 g/mol. The summed E-state index contributed by atoms with van der Waals surface area (Å²) in [5, 5.41) is 0. The number of hydrogen-bond acceptors (Lipinski definition) is 6. The fraction of sp³-hybridized carbons (Fsp3) is 0.667. The number of unbranched alkanes of at least 4 members (excludes halogenated alkanes) is 2. The van der Waals surface area contributed by atoms with Crippen molar-refractivity contribution in [2.24, 2.45) is 34.5 Å². The Morgan fingerprint density at radius 1 is 0.582 bits per heavy atom. The van der Waals surface area contributed by atoms with Crippen molar-refractivity contribution in [2.45, 2.75) is 160 Å². The maximum absolute atomic E-state index is 7.15. The lowest BCUT2D eigenvalue weighted by Crippen LogP contribution is -2.59. The normalized spacial score (nSPS) is 21.3. The molecule has 0 aromatic heterocycles. The van der Waals surface area contributed by atoms with E-state index in [9.17, 15) is 0 Å². The summed E-state index contributed by atoms with van der Waals surface area (Å²) in [5.41, 5.74) is 3.46. The van der Waals surface area contributed by atoms with E-state index in [1.54, 1.807) is 0 Å². The molecule has 2 aromatic carbocycles. The monoisotopic (exact) mass is 777 g/mol. The minimum Gasteiger partial charge on any atom is -0.494 e. The minimum atomic E-state index is -3.93. The first-order valence-corrected chi connectivity index (χ1v) is 23.3. The molecule has 0 heterocycles. The summed E-state index contributed by atoms with van der Waals surface area (Å²) in [6.45, 7) is 28.8. The Morgan fingerprint density at radius 3 is 1.24 bits per heavy atom. The van der Waals surface area contributed by atoms with Crippen LogP contribution in [0.3, 0.4) is 0 Å². The summed E-state index contributed by atoms with van der Waals surface area (Å²) in [6.07, 6.45) is 15.4. The number of hydrogen-bond donors (Lipinski definition) is 0. The van der Waals surface area contributed by atoms with Crippen LogP contribution in [0.2, 0.25) is 0 Å². The van der Waals surface area contributed by atoms with E-state index >= 15 is 0 Å². The summed E-state index contributed by atoms with van der Waals surface area (Å²) in [4.78, 5) is 0. The van der Waals surface area contributed by atoms with E-state index in [2.05, 4.69) is 95.2 Å². The van der Waals surface area contributed by atoms with Crippen molar-refractivity contribution in [3.05, 3.63) is 71.8 Å². The molecule has 2 aromatic rings. The zero-order valence-electron chi connectivity index (χ0n) is 36.7. The van der Waals surface area contributed by atoms with Gasteiger partial charge in [-0.3, -0.25) is 0 Å². The van der Waals surface area contributed by atoms with Gasteiger partial charge in [-0.2, -0.15) is 0 Å². The Hall–Kier alpha value is -2.74. The van der Waals surface area contributed by atoms with Gasteiger partial charge in [0.05, 0.1) is 25.4 Å². The van der Waals surface area contributed by atoms with Crippen LogP contribution in [0.5, 0.6) is 23.0 Å². The van der Waals surface area contributed by atoms with Crippen LogP contribution < -0.4 is 18.3 Å². The summed E-state index contributed by atoms with van der Waals surface area (Å²) >= 11 is 0. The quantitative estimate of drug-likeness (QED) is 0.0601. The van der Waals surface area contributed by atoms with Crippen molar-refractivity contribution in [2.75, 3.05) is 13.2 Å². The van der Waals surface area contributed by atoms with Gasteiger partial charge in [-0.05, 0) is 162 Å². The standard InChI is InChI=1S/C48H76O6Si/c1-13-15-33-49-43-25-29-45(30-26-43)53-55(54-46-31-27-44(28-32-46)50-34-16-14-2,51-39(7)35(3)17-21-41-23-19-37(5)47(41,9)10)52-40(8)36(4)18-22-42-24-20-38(6)48(42,11)12/h19-20,25-32,35-36,39-42H,13-18,21-24,33-34H2,1-12H3. The molecule has 0 fully saturated rings. The van der Waals surface area contributed by atoms with Gasteiger partial charge in [0.1, 0.15) is 23.0 Å². The fourth-order valence-corrected chi connectivity index (χ4v) is 10.3. The van der Waals surface area contributed by atoms with Crippen molar-refractivity contribution in [3.8, 4) is 23.0 Å². The molecule has 2 aliphatic rings. The van der Waals surface area contributed by atoms with E-state index in [4.69, 9.17) is 27.2 Å². The topological polar surface area (TPSA) is 55.4 Å². The molecule has 0 aliphatic heterocycles. The largest absolute Gasteiger partial charge is 0.821 e. The van der Waals surface area contributed by atoms with Gasteiger partial charge in [0.2, 0.25) is 0 Å². The van der Waals surface area contributed by atoms with Gasteiger partial charge in [-0.1, -0.05) is 91.5 Å². The van der Waals surface area contributed by atoms with Crippen LogP contribution in [-0.2, 0) is 8.85 Å². The SMILES string of the molecule is CCCCOc1ccc(O[Si](Oc2ccc(OCCCC)cc2)(OC(C)C(C)CCC2CC=C(C)C2(C)C)OC(C)C(C)CCC2CC=C(C)C2(C)C)cc1. The molecule has 55 heavy (non-hydrogen) atoms. The molecule has 0 saturated carbocycles. The second kappa shape index (κ2) is 20.6. The van der Waals surface area contributed by atoms with E-state index in [1.165, 1.54) is 11.1 Å². The highest BCUT2D eigenvalue weighted by molar-refractivity contribution is 6.55. The lowest BCUT2D eigenvalue weighted by molar-refractivity contribution is -0.0364. The van der Waals surface area contributed by atoms with Crippen molar-refractivity contribution in [3.63, 3.8) is 0 Å². The van der Waals surface area contributed by atoms with Gasteiger partial charge in [0.25, 0.3) is 0 Å². The number of benzene rings is 2. The lowest BCUT2D eigenvalue weighted by Gasteiger charge is -2.36. The minimum absolute atomic E-state index is 0.172. The van der Waals surface area contributed by atoms with Crippen molar-refractivity contribution in [1.82, 2.24) is 0 Å². The van der Waals surface area contributed by atoms with Crippen LogP contribution in [-0.4, -0.2) is 34.5 Å². The Kier molecular flexibility index (Phi) is 16.8. The van der Waals surface area contributed by atoms with E-state index in [0.29, 0.717) is 36.5 Å². The molecule has 0 bridgehead atoms. The molecule has 0 amide bonds. The van der Waals surface area contributed by atoms with Gasteiger partial charge < -0.3 is 27.2 Å². The van der Waals surface area contributed by atoms with Crippen LogP contribution in [0, 0.1) is 34.5 Å². The molecule has 0 spiro atoms. The highest BCUT2D eigenvalue weighted by atomic mass is 28.4. The van der Waals surface area contributed by atoms with Gasteiger partial charge >= 0.3 is 9.05 Å². The van der Waals surface area contributed by atoms with E-state index in [-0.39, 0.29) is 34.9 Å². The fourth-order valence-electron chi connectivity index (χ4n) is 7.75. The molecule has 7 heteroatoms. The molecule has 4 rings (SSSR count). The highest BCUT2D eigenvalue weighted by Gasteiger charge is 2.55. The smallest absolute Gasteiger partial charge is 0.494 e. The van der Waals surface area contributed by atoms with Crippen molar-refractivity contribution >= 4 is 9.05 Å². The second-order valence-electron chi connectivity index (χ2n) is 17.9. The third kappa shape index (κ3) is 12.6. The molecule has 6 unspecified atom stereocenters. The number of ether oxygens (including phenoxy) is 2. The molecule has 2 aliphatic carbocycles. The molecule has 6 nitrogen and oxygen atoms in total. The highest BCUT2D eigenvalue weighted by Crippen LogP contribution is 2.47. The van der Waals surface area contributed by atoms with Gasteiger partial charge in [0.15, 0.2) is 0 Å². The second-order valence-corrected chi connectivity index (χ2v) is 19.8. The third-order valence-corrected chi connectivity index (χ3v) is 15.7. The Labute approximate surface area is 337 Å². The van der Waals surface area contributed by atoms with Gasteiger partial charge in [0, 0.05) is 0 Å². The molecule has 308 valence electrons. The summed E-state index contributed by atoms with van der Waals surface area (Å²) in [6, 6.07) is 15.6. The lowest BCUT2D eigenvalue weighted by atomic mass is 9.74. The third-order valence-electron chi connectivity index (χ3n) is 13.4. The molecule has 6 atom stereocenters. The van der Waals surface area contributed by atoms with Crippen LogP contribution in [0.15, 0.2) is 71.8 Å². The summed E-state index contributed by atoms with van der Waals surface area (Å²) < 4.78 is 40.2. The molecular formula is C48H76O6Si. The van der Waals surface area contributed by atoms with Crippen LogP contribution in [0.1, 0.15) is 147 Å². The Morgan fingerprint density at radius 2 is 0.927 bits per heavy atom. The molecule has 0 N–H and O–H groups in total. The average molecular weight is 777 g/mol. The Bertz CT molecular complexity index is 1380.